The highest BCUT2D eigenvalue weighted by atomic mass is 35.5. The molecule has 0 saturated heterocycles. The molecule has 260 valence electrons. The van der Waals surface area contributed by atoms with Crippen LogP contribution in [0.25, 0.3) is 0 Å². The Labute approximate surface area is 298 Å². The number of benzene rings is 4. The van der Waals surface area contributed by atoms with Crippen molar-refractivity contribution in [2.24, 2.45) is 0 Å². The van der Waals surface area contributed by atoms with Gasteiger partial charge in [-0.2, -0.15) is 0 Å². The summed E-state index contributed by atoms with van der Waals surface area (Å²) < 4.78 is 32.7. The molecule has 0 saturated carbocycles. The highest BCUT2D eigenvalue weighted by Gasteiger charge is 2.37. The first-order chi connectivity index (χ1) is 23.4. The zero-order chi connectivity index (χ0) is 33.9. The molecule has 1 aliphatic rings. The highest BCUT2D eigenvalue weighted by Crippen LogP contribution is 2.45. The summed E-state index contributed by atoms with van der Waals surface area (Å²) in [5.41, 5.74) is 3.54. The van der Waals surface area contributed by atoms with Gasteiger partial charge in [-0.1, -0.05) is 72.3 Å². The van der Waals surface area contributed by atoms with E-state index < -0.39 is 29.8 Å². The summed E-state index contributed by atoms with van der Waals surface area (Å²) in [7, 11) is 3.19. The maximum atomic E-state index is 14.1. The van der Waals surface area contributed by atoms with Gasteiger partial charge in [0.1, 0.15) is 18.0 Å². The van der Waals surface area contributed by atoms with Crippen molar-refractivity contribution in [2.75, 3.05) is 38.8 Å². The number of nitrogens with zero attached hydrogens (tertiary/aromatic N) is 1. The Bertz CT molecular complexity index is 1690. The lowest BCUT2D eigenvalue weighted by molar-refractivity contribution is -0.137. The first-order valence-electron chi connectivity index (χ1n) is 16.1. The van der Waals surface area contributed by atoms with Crippen LogP contribution in [0.3, 0.4) is 0 Å². The van der Waals surface area contributed by atoms with Crippen molar-refractivity contribution in [3.8, 4) is 11.5 Å². The average Bonchev–Trinajstić information content (AvgIpc) is 3.19. The van der Waals surface area contributed by atoms with Gasteiger partial charge in [-0.25, -0.2) is 4.39 Å². The number of halogens is 3. The standard InChI is InChI=1S/C38H41ClFN3O5.ClH/c1-43-32-19-18-28(39)23-30(32)36(48-34(38(43)45)24-35(44)42-25-27-14-6-7-16-31(27)40)29-15-8-17-33(37(29)46-2)47-22-10-21-41-20-9-13-26-11-4-3-5-12-26;/h3-8,11-12,14-19,23,34,36,41H,9-10,13,20-22,24-25H2,1-2H3,(H,42,44);1H/t34-,36-;/m1./s1. The van der Waals surface area contributed by atoms with Crippen LogP contribution in [-0.4, -0.2) is 51.8 Å². The summed E-state index contributed by atoms with van der Waals surface area (Å²) in [5, 5.41) is 6.65. The zero-order valence-corrected chi connectivity index (χ0v) is 29.2. The number of likely N-dealkylation sites (N-methyl/N-ethyl adjacent to an activating group) is 1. The number of carbonyl (C=O) groups is 2. The van der Waals surface area contributed by atoms with E-state index in [9.17, 15) is 14.0 Å². The van der Waals surface area contributed by atoms with Crippen LogP contribution in [0.1, 0.15) is 47.6 Å². The van der Waals surface area contributed by atoms with Crippen molar-refractivity contribution < 1.29 is 28.2 Å². The van der Waals surface area contributed by atoms with Gasteiger partial charge in [0.05, 0.1) is 20.1 Å². The van der Waals surface area contributed by atoms with Crippen molar-refractivity contribution in [2.45, 2.75) is 44.4 Å². The van der Waals surface area contributed by atoms with Crippen molar-refractivity contribution in [3.63, 3.8) is 0 Å². The van der Waals surface area contributed by atoms with Gasteiger partial charge in [0.25, 0.3) is 5.91 Å². The summed E-state index contributed by atoms with van der Waals surface area (Å²) >= 11 is 6.45. The predicted octanol–water partition coefficient (Wildman–Crippen LogP) is 7.06. The van der Waals surface area contributed by atoms with E-state index in [0.29, 0.717) is 45.5 Å². The molecule has 1 aliphatic heterocycles. The molecule has 2 atom stereocenters. The summed E-state index contributed by atoms with van der Waals surface area (Å²) in [6, 6.07) is 27.4. The number of para-hydroxylation sites is 1. The van der Waals surface area contributed by atoms with Crippen molar-refractivity contribution in [1.82, 2.24) is 10.6 Å². The van der Waals surface area contributed by atoms with Gasteiger partial charge in [-0.05, 0) is 68.2 Å². The topological polar surface area (TPSA) is 89.1 Å². The lowest BCUT2D eigenvalue weighted by Gasteiger charge is -2.24. The number of ether oxygens (including phenoxy) is 3. The molecule has 0 spiro atoms. The van der Waals surface area contributed by atoms with Gasteiger partial charge in [0.2, 0.25) is 5.91 Å². The third-order valence-electron chi connectivity index (χ3n) is 8.26. The third-order valence-corrected chi connectivity index (χ3v) is 8.49. The second-order valence-corrected chi connectivity index (χ2v) is 12.0. The summed E-state index contributed by atoms with van der Waals surface area (Å²) in [4.78, 5) is 28.2. The molecule has 1 heterocycles. The normalized spacial score (nSPS) is 15.5. The number of hydrogen-bond donors (Lipinski definition) is 2. The SMILES string of the molecule is COc1c(OCCCNCCCc2ccccc2)cccc1[C@H]1O[C@H](CC(=O)NCc2ccccc2F)C(=O)N(C)c2ccc(Cl)cc21.Cl. The number of anilines is 1. The lowest BCUT2D eigenvalue weighted by Crippen LogP contribution is -2.40. The van der Waals surface area contributed by atoms with Gasteiger partial charge in [0.15, 0.2) is 11.5 Å². The van der Waals surface area contributed by atoms with E-state index in [-0.39, 0.29) is 25.4 Å². The van der Waals surface area contributed by atoms with Crippen LogP contribution < -0.4 is 25.0 Å². The molecule has 0 radical (unpaired) electrons. The Kier molecular flexibility index (Phi) is 14.3. The number of rotatable bonds is 15. The number of fused-ring (bicyclic) bond motifs is 1. The molecule has 49 heavy (non-hydrogen) atoms. The minimum atomic E-state index is -1.14. The van der Waals surface area contributed by atoms with Crippen molar-refractivity contribution in [3.05, 3.63) is 124 Å². The molecule has 0 fully saturated rings. The minimum Gasteiger partial charge on any atom is -0.492 e. The molecule has 0 unspecified atom stereocenters. The quantitative estimate of drug-likeness (QED) is 0.129. The largest absolute Gasteiger partial charge is 0.492 e. The van der Waals surface area contributed by atoms with Gasteiger partial charge >= 0.3 is 0 Å². The molecular weight excluding hydrogens is 668 g/mol. The fourth-order valence-corrected chi connectivity index (χ4v) is 5.94. The van der Waals surface area contributed by atoms with Crippen LogP contribution in [-0.2, 0) is 27.3 Å². The Morgan fingerprint density at radius 1 is 0.959 bits per heavy atom. The van der Waals surface area contributed by atoms with E-state index in [2.05, 4.69) is 34.9 Å². The summed E-state index contributed by atoms with van der Waals surface area (Å²) in [6.45, 7) is 2.18. The molecule has 8 nitrogen and oxygen atoms in total. The second kappa shape index (κ2) is 18.6. The molecule has 0 aliphatic carbocycles. The Morgan fingerprint density at radius 2 is 1.71 bits per heavy atom. The van der Waals surface area contributed by atoms with E-state index >= 15 is 0 Å². The Balaban J connectivity index is 0.00000541. The second-order valence-electron chi connectivity index (χ2n) is 11.6. The van der Waals surface area contributed by atoms with Gasteiger partial charge in [-0.3, -0.25) is 9.59 Å². The Hall–Kier alpha value is -4.15. The minimum absolute atomic E-state index is 0. The van der Waals surface area contributed by atoms with Crippen LogP contribution in [0.5, 0.6) is 11.5 Å². The van der Waals surface area contributed by atoms with E-state index in [0.717, 1.165) is 32.4 Å². The van der Waals surface area contributed by atoms with E-state index in [4.69, 9.17) is 25.8 Å². The number of aryl methyl sites for hydroxylation is 1. The fraction of sp³-hybridized carbons (Fsp3) is 0.316. The van der Waals surface area contributed by atoms with Crippen LogP contribution >= 0.6 is 24.0 Å². The molecule has 0 bridgehead atoms. The lowest BCUT2D eigenvalue weighted by atomic mass is 9.98. The molecule has 5 rings (SSSR count). The van der Waals surface area contributed by atoms with Crippen molar-refractivity contribution in [1.29, 1.82) is 0 Å². The van der Waals surface area contributed by atoms with E-state index in [1.165, 1.54) is 16.5 Å². The monoisotopic (exact) mass is 709 g/mol. The molecule has 4 aromatic rings. The highest BCUT2D eigenvalue weighted by molar-refractivity contribution is 6.30. The molecule has 0 aromatic heterocycles. The summed E-state index contributed by atoms with van der Waals surface area (Å²) in [6.07, 6.45) is 0.648. The van der Waals surface area contributed by atoms with Crippen LogP contribution in [0.15, 0.2) is 91.0 Å². The fourth-order valence-electron chi connectivity index (χ4n) is 5.76. The zero-order valence-electron chi connectivity index (χ0n) is 27.6. The smallest absolute Gasteiger partial charge is 0.256 e. The first-order valence-corrected chi connectivity index (χ1v) is 16.5. The molecule has 4 aromatic carbocycles. The molecular formula is C38H42Cl2FN3O5. The summed E-state index contributed by atoms with van der Waals surface area (Å²) in [5.74, 6) is -0.274. The van der Waals surface area contributed by atoms with E-state index in [1.807, 2.05) is 24.3 Å². The van der Waals surface area contributed by atoms with Crippen LogP contribution in [0.4, 0.5) is 10.1 Å². The number of carbonyl (C=O) groups excluding carboxylic acids is 2. The van der Waals surface area contributed by atoms with Crippen LogP contribution in [0.2, 0.25) is 5.02 Å². The van der Waals surface area contributed by atoms with Gasteiger partial charge in [-0.15, -0.1) is 12.4 Å². The Morgan fingerprint density at radius 3 is 2.49 bits per heavy atom. The average molecular weight is 711 g/mol. The van der Waals surface area contributed by atoms with Crippen molar-refractivity contribution >= 4 is 41.5 Å². The van der Waals surface area contributed by atoms with Crippen LogP contribution in [0, 0.1) is 5.82 Å². The number of amides is 2. The predicted molar refractivity (Wildman–Crippen MR) is 192 cm³/mol. The molecule has 2 N–H and O–H groups in total. The third kappa shape index (κ3) is 9.95. The molecule has 2 amide bonds. The maximum Gasteiger partial charge on any atom is 0.256 e. The number of hydrogen-bond acceptors (Lipinski definition) is 6. The first kappa shape index (κ1) is 37.7. The van der Waals surface area contributed by atoms with Gasteiger partial charge in [0, 0.05) is 41.0 Å². The molecule has 11 heteroatoms. The number of methoxy groups -OCH3 is 1. The van der Waals surface area contributed by atoms with Gasteiger partial charge < -0.3 is 29.7 Å². The van der Waals surface area contributed by atoms with E-state index in [1.54, 1.807) is 50.6 Å². The number of nitrogens with one attached hydrogen (secondary N) is 2. The maximum absolute atomic E-state index is 14.1.